The molecule has 3 rings (SSSR count). The third kappa shape index (κ3) is 5.47. The molecule has 0 bridgehead atoms. The number of nitrogens with two attached hydrogens (primary N) is 1. The number of nitrogens with zero attached hydrogens (tertiary/aromatic N) is 4. The third-order valence-corrected chi connectivity index (χ3v) is 4.93. The van der Waals surface area contributed by atoms with Gasteiger partial charge in [0.25, 0.3) is 0 Å². The number of nitrogens with one attached hydrogen (secondary N) is 2. The molecule has 1 atom stereocenters. The fraction of sp³-hybridized carbons (Fsp3) is 0.348. The fourth-order valence-electron chi connectivity index (χ4n) is 3.24. The van der Waals surface area contributed by atoms with Crippen LogP contribution in [-0.2, 0) is 12.0 Å². The molecule has 2 aromatic heterocycles. The fourth-order valence-corrected chi connectivity index (χ4v) is 3.24. The van der Waals surface area contributed by atoms with Crippen molar-refractivity contribution in [1.82, 2.24) is 20.4 Å². The van der Waals surface area contributed by atoms with Gasteiger partial charge in [0.15, 0.2) is 5.96 Å². The highest BCUT2D eigenvalue weighted by Crippen LogP contribution is 2.22. The zero-order valence-corrected chi connectivity index (χ0v) is 18.4. The Morgan fingerprint density at radius 2 is 2.06 bits per heavy atom. The van der Waals surface area contributed by atoms with Crippen LogP contribution in [0.1, 0.15) is 37.3 Å². The first-order chi connectivity index (χ1) is 15.5. The molecule has 3 aromatic rings. The summed E-state index contributed by atoms with van der Waals surface area (Å²) in [5.74, 6) is 1.40. The molecule has 0 saturated carbocycles. The second kappa shape index (κ2) is 10.5. The number of aromatic nitrogens is 2. The van der Waals surface area contributed by atoms with Crippen LogP contribution in [0.15, 0.2) is 58.1 Å². The number of anilines is 1. The van der Waals surface area contributed by atoms with Crippen LogP contribution in [0.2, 0.25) is 0 Å². The lowest BCUT2D eigenvalue weighted by Gasteiger charge is -2.19. The maximum absolute atomic E-state index is 10.6. The topological polar surface area (TPSA) is 137 Å². The molecular formula is C23H29N7O2. The summed E-state index contributed by atoms with van der Waals surface area (Å²) < 4.78 is 6.90. The average molecular weight is 436 g/mol. The molecule has 0 aliphatic rings. The van der Waals surface area contributed by atoms with Crippen molar-refractivity contribution >= 4 is 11.8 Å². The van der Waals surface area contributed by atoms with Crippen molar-refractivity contribution in [3.63, 3.8) is 0 Å². The average Bonchev–Trinajstić information content (AvgIpc) is 3.44. The van der Waals surface area contributed by atoms with E-state index in [9.17, 15) is 10.4 Å². The Labute approximate surface area is 187 Å². The van der Waals surface area contributed by atoms with Crippen LogP contribution >= 0.6 is 0 Å². The van der Waals surface area contributed by atoms with Crippen molar-refractivity contribution in [2.45, 2.75) is 32.3 Å². The smallest absolute Gasteiger partial charge is 0.191 e. The third-order valence-electron chi connectivity index (χ3n) is 4.93. The van der Waals surface area contributed by atoms with Gasteiger partial charge in [0.1, 0.15) is 28.8 Å². The van der Waals surface area contributed by atoms with Gasteiger partial charge < -0.3 is 25.9 Å². The first-order valence-electron chi connectivity index (χ1n) is 10.6. The van der Waals surface area contributed by atoms with E-state index in [-0.39, 0.29) is 6.54 Å². The highest BCUT2D eigenvalue weighted by molar-refractivity contribution is 5.79. The van der Waals surface area contributed by atoms with Gasteiger partial charge in [0.2, 0.25) is 0 Å². The van der Waals surface area contributed by atoms with Crippen molar-refractivity contribution in [2.24, 2.45) is 4.99 Å². The number of aliphatic imine (C=N–C) groups is 1. The summed E-state index contributed by atoms with van der Waals surface area (Å²) in [6.45, 7) is 5.07. The quantitative estimate of drug-likeness (QED) is 0.230. The molecule has 9 heteroatoms. The molecule has 32 heavy (non-hydrogen) atoms. The molecule has 0 aliphatic heterocycles. The van der Waals surface area contributed by atoms with Gasteiger partial charge in [0.05, 0.1) is 24.2 Å². The lowest BCUT2D eigenvalue weighted by Crippen LogP contribution is -2.39. The minimum Gasteiger partial charge on any atom is -0.466 e. The van der Waals surface area contributed by atoms with Gasteiger partial charge in [-0.15, -0.1) is 0 Å². The van der Waals surface area contributed by atoms with Crippen molar-refractivity contribution in [3.05, 3.63) is 65.7 Å². The Morgan fingerprint density at radius 3 is 2.72 bits per heavy atom. The molecule has 1 aromatic carbocycles. The predicted octanol–water partition coefficient (Wildman–Crippen LogP) is 2.31. The van der Waals surface area contributed by atoms with Crippen molar-refractivity contribution in [1.29, 1.82) is 5.26 Å². The summed E-state index contributed by atoms with van der Waals surface area (Å²) in [4.78, 5) is 4.47. The van der Waals surface area contributed by atoms with E-state index in [4.69, 9.17) is 10.2 Å². The maximum Gasteiger partial charge on any atom is 0.191 e. The van der Waals surface area contributed by atoms with Crippen LogP contribution in [0.4, 0.5) is 5.82 Å². The molecule has 2 heterocycles. The first kappa shape index (κ1) is 22.9. The molecule has 5 N–H and O–H groups in total. The maximum atomic E-state index is 10.6. The van der Waals surface area contributed by atoms with E-state index >= 15 is 0 Å². The lowest BCUT2D eigenvalue weighted by atomic mass is 10.0. The second-order valence-electron chi connectivity index (χ2n) is 7.54. The van der Waals surface area contributed by atoms with E-state index < -0.39 is 5.60 Å². The zero-order valence-electron chi connectivity index (χ0n) is 18.4. The van der Waals surface area contributed by atoms with Gasteiger partial charge in [-0.3, -0.25) is 0 Å². The Bertz CT molecular complexity index is 1060. The van der Waals surface area contributed by atoms with Crippen LogP contribution in [0.5, 0.6) is 0 Å². The molecule has 0 fully saturated rings. The van der Waals surface area contributed by atoms with Gasteiger partial charge in [-0.1, -0.05) is 18.2 Å². The molecule has 0 spiro atoms. The highest BCUT2D eigenvalue weighted by atomic mass is 16.4. The minimum atomic E-state index is -1.20. The lowest BCUT2D eigenvalue weighted by molar-refractivity contribution is 0.0437. The van der Waals surface area contributed by atoms with E-state index in [1.165, 1.54) is 6.26 Å². The summed E-state index contributed by atoms with van der Waals surface area (Å²) in [5.41, 5.74) is 6.85. The van der Waals surface area contributed by atoms with Gasteiger partial charge >= 0.3 is 0 Å². The van der Waals surface area contributed by atoms with Crippen LogP contribution in [0.3, 0.4) is 0 Å². The number of aliphatic hydroxyl groups is 1. The molecule has 0 saturated heterocycles. The Kier molecular flexibility index (Phi) is 7.52. The number of nitrogen functional groups attached to an aromatic ring is 1. The molecule has 9 nitrogen and oxygen atoms in total. The van der Waals surface area contributed by atoms with E-state index in [0.29, 0.717) is 48.3 Å². The summed E-state index contributed by atoms with van der Waals surface area (Å²) in [6, 6.07) is 15.1. The molecular weight excluding hydrogens is 406 g/mol. The van der Waals surface area contributed by atoms with Crippen molar-refractivity contribution in [3.8, 4) is 11.8 Å². The van der Waals surface area contributed by atoms with Crippen molar-refractivity contribution < 1.29 is 9.52 Å². The minimum absolute atomic E-state index is 0.145. The SMILES string of the molecule is CCNC(=NCC(C)(O)c1ccco1)NCCCc1nn(-c2ccccc2)c(N)c1C#N. The molecule has 168 valence electrons. The molecule has 0 aliphatic carbocycles. The number of benzene rings is 1. The van der Waals surface area contributed by atoms with Gasteiger partial charge in [0, 0.05) is 13.1 Å². The summed E-state index contributed by atoms with van der Waals surface area (Å²) in [5, 5.41) is 31.1. The van der Waals surface area contributed by atoms with E-state index in [1.54, 1.807) is 23.7 Å². The first-order valence-corrected chi connectivity index (χ1v) is 10.6. The Balaban J connectivity index is 1.60. The Hall–Kier alpha value is -3.77. The van der Waals surface area contributed by atoms with Crippen LogP contribution in [0.25, 0.3) is 5.69 Å². The number of para-hydroxylation sites is 1. The second-order valence-corrected chi connectivity index (χ2v) is 7.54. The van der Waals surface area contributed by atoms with E-state index in [0.717, 1.165) is 12.1 Å². The zero-order chi connectivity index (χ0) is 23.0. The molecule has 0 radical (unpaired) electrons. The summed E-state index contributed by atoms with van der Waals surface area (Å²) >= 11 is 0. The molecule has 1 unspecified atom stereocenters. The van der Waals surface area contributed by atoms with E-state index in [1.807, 2.05) is 37.3 Å². The highest BCUT2D eigenvalue weighted by Gasteiger charge is 2.26. The number of aryl methyl sites for hydroxylation is 1. The van der Waals surface area contributed by atoms with Crippen LogP contribution in [-0.4, -0.2) is 40.5 Å². The summed E-state index contributed by atoms with van der Waals surface area (Å²) in [7, 11) is 0. The number of nitriles is 1. The van der Waals surface area contributed by atoms with E-state index in [2.05, 4.69) is 26.8 Å². The van der Waals surface area contributed by atoms with Gasteiger partial charge in [-0.2, -0.15) is 10.4 Å². The number of guanidine groups is 1. The summed E-state index contributed by atoms with van der Waals surface area (Å²) in [6.07, 6.45) is 2.83. The normalized spacial score (nSPS) is 13.4. The Morgan fingerprint density at radius 1 is 1.28 bits per heavy atom. The van der Waals surface area contributed by atoms with Crippen LogP contribution < -0.4 is 16.4 Å². The van der Waals surface area contributed by atoms with Gasteiger partial charge in [-0.25, -0.2) is 9.67 Å². The molecule has 0 amide bonds. The van der Waals surface area contributed by atoms with Crippen molar-refractivity contribution in [2.75, 3.05) is 25.4 Å². The van der Waals surface area contributed by atoms with Crippen LogP contribution in [0, 0.1) is 11.3 Å². The number of hydrogen-bond acceptors (Lipinski definition) is 6. The number of furan rings is 1. The predicted molar refractivity (Wildman–Crippen MR) is 123 cm³/mol. The largest absolute Gasteiger partial charge is 0.466 e. The number of rotatable bonds is 9. The number of hydrogen-bond donors (Lipinski definition) is 4. The van der Waals surface area contributed by atoms with Gasteiger partial charge in [-0.05, 0) is 51.0 Å². The monoisotopic (exact) mass is 435 g/mol. The standard InChI is InChI=1S/C23H29N7O2/c1-3-26-22(28-16-23(2,31)20-12-8-14-32-20)27-13-7-11-19-18(15-24)21(25)30(29-19)17-9-5-4-6-10-17/h4-6,8-10,12,14,31H,3,7,11,13,16,25H2,1-2H3,(H2,26,27,28).